The van der Waals surface area contributed by atoms with Crippen LogP contribution >= 0.6 is 0 Å². The van der Waals surface area contributed by atoms with Crippen molar-refractivity contribution in [2.24, 2.45) is 0 Å². The van der Waals surface area contributed by atoms with Gasteiger partial charge in [-0.25, -0.2) is 5.48 Å². The number of nitrogens with zero attached hydrogens (tertiary/aromatic N) is 1. The molecule has 0 radical (unpaired) electrons. The Morgan fingerprint density at radius 2 is 1.88 bits per heavy atom. The van der Waals surface area contributed by atoms with Crippen LogP contribution in [0, 0.1) is 0 Å². The van der Waals surface area contributed by atoms with Crippen molar-refractivity contribution >= 4 is 0 Å². The lowest BCUT2D eigenvalue weighted by Crippen LogP contribution is -2.23. The molecule has 1 N–H and O–H groups in total. The molecular weight excluding hydrogens is 325 g/mol. The number of aromatic nitrogens is 1. The molecule has 0 aliphatic carbocycles. The first-order valence-corrected chi connectivity index (χ1v) is 6.95. The number of nitrogens with one attached hydrogen (secondary N) is 1. The summed E-state index contributed by atoms with van der Waals surface area (Å²) in [5.41, 5.74) is 2.39. The highest BCUT2D eigenvalue weighted by Gasteiger charge is 2.34. The predicted molar refractivity (Wildman–Crippen MR) is 77.6 cm³/mol. The predicted octanol–water partition coefficient (Wildman–Crippen LogP) is 3.65. The molecule has 0 fully saturated rings. The van der Waals surface area contributed by atoms with Crippen LogP contribution in [0.5, 0.6) is 11.5 Å². The van der Waals surface area contributed by atoms with Crippen LogP contribution in [0.1, 0.15) is 12.5 Å². The molecule has 126 valence electrons. The normalized spacial score (nSPS) is 20.2. The second-order valence-corrected chi connectivity index (χ2v) is 5.18. The Balaban J connectivity index is 1.74. The minimum absolute atomic E-state index is 0.295. The summed E-state index contributed by atoms with van der Waals surface area (Å²) in [5.74, 6) is 0.593. The third-order valence-electron chi connectivity index (χ3n) is 3.29. The Hall–Kier alpha value is -2.74. The van der Waals surface area contributed by atoms with Crippen molar-refractivity contribution in [1.82, 2.24) is 10.5 Å². The van der Waals surface area contributed by atoms with Crippen LogP contribution in [0.2, 0.25) is 0 Å². The SMILES string of the molecule is C[C@]1(c2ccc(OC(F)(F)F)cc2)C=C(Oc2cccnc2)NO1. The zero-order valence-corrected chi connectivity index (χ0v) is 12.5. The van der Waals surface area contributed by atoms with Gasteiger partial charge in [0, 0.05) is 12.3 Å². The van der Waals surface area contributed by atoms with Crippen LogP contribution in [0.3, 0.4) is 0 Å². The van der Waals surface area contributed by atoms with E-state index >= 15 is 0 Å². The fraction of sp³-hybridized carbons (Fsp3) is 0.188. The highest BCUT2D eigenvalue weighted by molar-refractivity contribution is 5.35. The van der Waals surface area contributed by atoms with Crippen LogP contribution in [0.25, 0.3) is 0 Å². The standard InChI is InChI=1S/C16H13F3N2O3/c1-15(11-4-6-12(7-5-11)23-16(17,18)19)9-14(21-24-15)22-13-3-2-8-20-10-13/h2-10,21H,1H3/t15-/m1/s1. The fourth-order valence-corrected chi connectivity index (χ4v) is 2.18. The molecule has 3 rings (SSSR count). The number of hydrogen-bond acceptors (Lipinski definition) is 5. The molecule has 0 saturated heterocycles. The van der Waals surface area contributed by atoms with Gasteiger partial charge < -0.3 is 9.47 Å². The molecule has 1 aliphatic heterocycles. The third kappa shape index (κ3) is 3.77. The minimum atomic E-state index is -4.72. The monoisotopic (exact) mass is 338 g/mol. The van der Waals surface area contributed by atoms with Crippen molar-refractivity contribution < 1.29 is 27.5 Å². The molecule has 5 nitrogen and oxygen atoms in total. The highest BCUT2D eigenvalue weighted by atomic mass is 19.4. The number of benzene rings is 1. The number of halogens is 3. The van der Waals surface area contributed by atoms with E-state index in [1.54, 1.807) is 37.5 Å². The van der Waals surface area contributed by atoms with Gasteiger partial charge in [0.2, 0.25) is 5.88 Å². The lowest BCUT2D eigenvalue weighted by molar-refractivity contribution is -0.274. The molecule has 0 spiro atoms. The van der Waals surface area contributed by atoms with E-state index in [9.17, 15) is 13.2 Å². The zero-order valence-electron chi connectivity index (χ0n) is 12.5. The van der Waals surface area contributed by atoms with Crippen LogP contribution < -0.4 is 15.0 Å². The van der Waals surface area contributed by atoms with Gasteiger partial charge in [-0.15, -0.1) is 13.2 Å². The number of ether oxygens (including phenoxy) is 2. The number of hydrogen-bond donors (Lipinski definition) is 1. The summed E-state index contributed by atoms with van der Waals surface area (Å²) < 4.78 is 46.0. The van der Waals surface area contributed by atoms with Crippen LogP contribution in [0.4, 0.5) is 13.2 Å². The Labute approximate surface area is 135 Å². The van der Waals surface area contributed by atoms with Crippen molar-refractivity contribution in [3.8, 4) is 11.5 Å². The Kier molecular flexibility index (Phi) is 4.06. The number of pyridine rings is 1. The molecule has 1 atom stereocenters. The molecule has 0 amide bonds. The molecule has 1 aromatic carbocycles. The maximum atomic E-state index is 12.2. The molecule has 0 unspecified atom stereocenters. The van der Waals surface area contributed by atoms with E-state index in [0.717, 1.165) is 0 Å². The van der Waals surface area contributed by atoms with Gasteiger partial charge in [0.15, 0.2) is 0 Å². The quantitative estimate of drug-likeness (QED) is 0.922. The molecule has 0 bridgehead atoms. The maximum absolute atomic E-state index is 12.2. The van der Waals surface area contributed by atoms with Crippen molar-refractivity contribution in [3.63, 3.8) is 0 Å². The molecule has 2 aromatic rings. The second kappa shape index (κ2) is 6.04. The van der Waals surface area contributed by atoms with E-state index in [4.69, 9.17) is 9.57 Å². The Morgan fingerprint density at radius 3 is 2.50 bits per heavy atom. The summed E-state index contributed by atoms with van der Waals surface area (Å²) in [4.78, 5) is 9.43. The maximum Gasteiger partial charge on any atom is 0.573 e. The topological polar surface area (TPSA) is 52.6 Å². The smallest absolute Gasteiger partial charge is 0.438 e. The van der Waals surface area contributed by atoms with Gasteiger partial charge in [0.25, 0.3) is 0 Å². The van der Waals surface area contributed by atoms with Gasteiger partial charge in [-0.1, -0.05) is 12.1 Å². The van der Waals surface area contributed by atoms with Crippen LogP contribution in [-0.4, -0.2) is 11.3 Å². The lowest BCUT2D eigenvalue weighted by Gasteiger charge is -2.20. The third-order valence-corrected chi connectivity index (χ3v) is 3.29. The zero-order chi connectivity index (χ0) is 17.2. The van der Waals surface area contributed by atoms with E-state index in [0.29, 0.717) is 17.2 Å². The summed E-state index contributed by atoms with van der Waals surface area (Å²) in [6.45, 7) is 1.75. The molecule has 0 saturated carbocycles. The average molecular weight is 338 g/mol. The first kappa shape index (κ1) is 16.1. The summed E-state index contributed by atoms with van der Waals surface area (Å²) >= 11 is 0. The Morgan fingerprint density at radius 1 is 1.12 bits per heavy atom. The van der Waals surface area contributed by atoms with E-state index in [2.05, 4.69) is 15.2 Å². The molecule has 2 heterocycles. The van der Waals surface area contributed by atoms with Crippen LogP contribution in [0.15, 0.2) is 60.8 Å². The molecular formula is C16H13F3N2O3. The van der Waals surface area contributed by atoms with E-state index in [-0.39, 0.29) is 5.75 Å². The second-order valence-electron chi connectivity index (χ2n) is 5.18. The van der Waals surface area contributed by atoms with E-state index in [1.165, 1.54) is 24.3 Å². The lowest BCUT2D eigenvalue weighted by atomic mass is 9.96. The van der Waals surface area contributed by atoms with Gasteiger partial charge >= 0.3 is 6.36 Å². The van der Waals surface area contributed by atoms with Gasteiger partial charge in [0.05, 0.1) is 6.20 Å². The van der Waals surface area contributed by atoms with Gasteiger partial charge in [-0.3, -0.25) is 9.82 Å². The molecule has 8 heteroatoms. The van der Waals surface area contributed by atoms with Crippen molar-refractivity contribution in [2.45, 2.75) is 18.9 Å². The summed E-state index contributed by atoms with van der Waals surface area (Å²) in [6.07, 6.45) is 0.122. The Bertz CT molecular complexity index is 732. The first-order chi connectivity index (χ1) is 11.3. The van der Waals surface area contributed by atoms with E-state index in [1.807, 2.05) is 0 Å². The van der Waals surface area contributed by atoms with Crippen molar-refractivity contribution in [3.05, 3.63) is 66.3 Å². The summed E-state index contributed by atoms with van der Waals surface area (Å²) in [5, 5.41) is 0. The molecule has 24 heavy (non-hydrogen) atoms. The minimum Gasteiger partial charge on any atom is -0.438 e. The number of rotatable bonds is 4. The van der Waals surface area contributed by atoms with Crippen molar-refractivity contribution in [1.29, 1.82) is 0 Å². The van der Waals surface area contributed by atoms with Gasteiger partial charge in [0.1, 0.15) is 17.1 Å². The number of hydroxylamine groups is 1. The average Bonchev–Trinajstić information content (AvgIpc) is 2.90. The van der Waals surface area contributed by atoms with Crippen LogP contribution in [-0.2, 0) is 10.4 Å². The number of alkyl halides is 3. The summed E-state index contributed by atoms with van der Waals surface area (Å²) in [7, 11) is 0. The molecule has 1 aliphatic rings. The van der Waals surface area contributed by atoms with Gasteiger partial charge in [-0.2, -0.15) is 0 Å². The first-order valence-electron chi connectivity index (χ1n) is 6.95. The van der Waals surface area contributed by atoms with E-state index < -0.39 is 12.0 Å². The van der Waals surface area contributed by atoms with Crippen molar-refractivity contribution in [2.75, 3.05) is 0 Å². The van der Waals surface area contributed by atoms with Gasteiger partial charge in [-0.05, 0) is 36.8 Å². The molecule has 1 aromatic heterocycles. The largest absolute Gasteiger partial charge is 0.573 e. The highest BCUT2D eigenvalue weighted by Crippen LogP contribution is 2.33. The summed E-state index contributed by atoms with van der Waals surface area (Å²) in [6, 6.07) is 8.90. The fourth-order valence-electron chi connectivity index (χ4n) is 2.18.